The van der Waals surface area contributed by atoms with E-state index in [1.165, 1.54) is 19.3 Å². The van der Waals surface area contributed by atoms with Gasteiger partial charge in [0.05, 0.1) is 0 Å². The van der Waals surface area contributed by atoms with Gasteiger partial charge in [0.1, 0.15) is 0 Å². The van der Waals surface area contributed by atoms with Gasteiger partial charge in [0.25, 0.3) is 0 Å². The van der Waals surface area contributed by atoms with E-state index in [1.54, 1.807) is 5.30 Å². The van der Waals surface area contributed by atoms with E-state index >= 15 is 0 Å². The molecule has 0 bridgehead atoms. The molecule has 0 aliphatic heterocycles. The van der Waals surface area contributed by atoms with Crippen LogP contribution < -0.4 is 5.30 Å². The molecule has 94 valence electrons. The molecule has 2 rings (SSSR count). The first-order chi connectivity index (χ1) is 8.16. The van der Waals surface area contributed by atoms with E-state index in [9.17, 15) is 0 Å². The highest BCUT2D eigenvalue weighted by Gasteiger charge is 2.30. The third kappa shape index (κ3) is 3.55. The zero-order valence-corrected chi connectivity index (χ0v) is 12.3. The second-order valence-corrected chi connectivity index (χ2v) is 7.55. The van der Waals surface area contributed by atoms with E-state index < -0.39 is 0 Å². The van der Waals surface area contributed by atoms with E-state index in [-0.39, 0.29) is 0 Å². The predicted molar refractivity (Wildman–Crippen MR) is 79.5 cm³/mol. The van der Waals surface area contributed by atoms with Crippen molar-refractivity contribution >= 4 is 13.9 Å². The Balaban J connectivity index is 2.05. The standard InChI is InChI=1S/C16H25P/c1-12(2)15-10-9-13(3)11-16(15)17-14-7-5-4-6-8-14/h4-8,12-13,15-17H,9-11H2,1-3H3/t13-,15+,16+/m1/s1. The lowest BCUT2D eigenvalue weighted by molar-refractivity contribution is 0.243. The van der Waals surface area contributed by atoms with Gasteiger partial charge in [-0.2, -0.15) is 0 Å². The Labute approximate surface area is 108 Å². The molecule has 0 amide bonds. The number of rotatable bonds is 3. The summed E-state index contributed by atoms with van der Waals surface area (Å²) >= 11 is 0. The van der Waals surface area contributed by atoms with Crippen molar-refractivity contribution in [2.75, 3.05) is 0 Å². The SMILES string of the molecule is CC(C)[C@@H]1CC[C@@H](C)C[C@@H]1Pc1ccccc1. The summed E-state index contributed by atoms with van der Waals surface area (Å²) in [6.07, 6.45) is 4.33. The molecular formula is C16H25P. The average molecular weight is 248 g/mol. The van der Waals surface area contributed by atoms with Crippen LogP contribution >= 0.6 is 8.58 Å². The summed E-state index contributed by atoms with van der Waals surface area (Å²) in [6, 6.07) is 11.1. The molecule has 1 fully saturated rings. The Kier molecular flexibility index (Phi) is 4.62. The zero-order valence-electron chi connectivity index (χ0n) is 11.3. The van der Waals surface area contributed by atoms with E-state index in [1.807, 2.05) is 0 Å². The molecule has 1 aliphatic rings. The number of hydrogen-bond donors (Lipinski definition) is 0. The molecule has 1 heteroatoms. The molecule has 1 saturated carbocycles. The van der Waals surface area contributed by atoms with Crippen molar-refractivity contribution in [2.24, 2.45) is 17.8 Å². The lowest BCUT2D eigenvalue weighted by Crippen LogP contribution is -2.30. The third-order valence-corrected chi connectivity index (χ3v) is 5.85. The maximum Gasteiger partial charge on any atom is -0.0163 e. The van der Waals surface area contributed by atoms with Crippen molar-refractivity contribution < 1.29 is 0 Å². The number of benzene rings is 1. The Hall–Kier alpha value is -0.350. The third-order valence-electron chi connectivity index (χ3n) is 4.15. The van der Waals surface area contributed by atoms with Crippen LogP contribution in [0.15, 0.2) is 30.3 Å². The van der Waals surface area contributed by atoms with Crippen LogP contribution in [-0.4, -0.2) is 5.66 Å². The van der Waals surface area contributed by atoms with Crippen LogP contribution in [0, 0.1) is 17.8 Å². The highest BCUT2D eigenvalue weighted by Crippen LogP contribution is 2.42. The van der Waals surface area contributed by atoms with Crippen molar-refractivity contribution in [1.29, 1.82) is 0 Å². The molecule has 1 unspecified atom stereocenters. The lowest BCUT2D eigenvalue weighted by Gasteiger charge is -2.37. The molecule has 0 nitrogen and oxygen atoms in total. The highest BCUT2D eigenvalue weighted by molar-refractivity contribution is 7.48. The fourth-order valence-electron chi connectivity index (χ4n) is 3.12. The first-order valence-electron chi connectivity index (χ1n) is 6.98. The first kappa shape index (κ1) is 13.1. The van der Waals surface area contributed by atoms with E-state index in [0.717, 1.165) is 32.0 Å². The molecule has 1 aliphatic carbocycles. The van der Waals surface area contributed by atoms with Gasteiger partial charge in [-0.1, -0.05) is 66.1 Å². The summed E-state index contributed by atoms with van der Waals surface area (Å²) < 4.78 is 0. The molecule has 4 atom stereocenters. The molecule has 0 radical (unpaired) electrons. The van der Waals surface area contributed by atoms with Crippen LogP contribution in [0.25, 0.3) is 0 Å². The normalized spacial score (nSPS) is 30.2. The smallest absolute Gasteiger partial charge is 0.0163 e. The predicted octanol–water partition coefficient (Wildman–Crippen LogP) is 4.45. The van der Waals surface area contributed by atoms with Crippen molar-refractivity contribution in [2.45, 2.75) is 45.7 Å². The van der Waals surface area contributed by atoms with Gasteiger partial charge in [-0.3, -0.25) is 0 Å². The molecular weight excluding hydrogens is 223 g/mol. The maximum absolute atomic E-state index is 2.43. The maximum atomic E-state index is 2.43. The summed E-state index contributed by atoms with van der Waals surface area (Å²) in [5.41, 5.74) is 0.932. The molecule has 1 aromatic carbocycles. The van der Waals surface area contributed by atoms with Crippen molar-refractivity contribution in [3.05, 3.63) is 30.3 Å². The summed E-state index contributed by atoms with van der Waals surface area (Å²) in [4.78, 5) is 0. The van der Waals surface area contributed by atoms with Crippen LogP contribution in [0.2, 0.25) is 0 Å². The molecule has 0 aromatic heterocycles. The summed E-state index contributed by atoms with van der Waals surface area (Å²) in [5.74, 6) is 2.74. The summed E-state index contributed by atoms with van der Waals surface area (Å²) in [5, 5.41) is 1.55. The van der Waals surface area contributed by atoms with Gasteiger partial charge in [-0.25, -0.2) is 0 Å². The van der Waals surface area contributed by atoms with Crippen LogP contribution in [0.1, 0.15) is 40.0 Å². The fraction of sp³-hybridized carbons (Fsp3) is 0.625. The average Bonchev–Trinajstić information content (AvgIpc) is 2.30. The minimum absolute atomic E-state index is 0.851. The van der Waals surface area contributed by atoms with Crippen LogP contribution in [-0.2, 0) is 0 Å². The Bertz CT molecular complexity index is 331. The molecule has 0 N–H and O–H groups in total. The summed E-state index contributed by atoms with van der Waals surface area (Å²) in [7, 11) is 1.01. The molecule has 0 spiro atoms. The van der Waals surface area contributed by atoms with Gasteiger partial charge in [-0.15, -0.1) is 0 Å². The van der Waals surface area contributed by atoms with Crippen LogP contribution in [0.5, 0.6) is 0 Å². The van der Waals surface area contributed by atoms with Gasteiger partial charge in [-0.05, 0) is 41.6 Å². The second-order valence-electron chi connectivity index (χ2n) is 5.94. The van der Waals surface area contributed by atoms with Crippen molar-refractivity contribution in [3.8, 4) is 0 Å². The Morgan fingerprint density at radius 1 is 1.12 bits per heavy atom. The minimum Gasteiger partial charge on any atom is -0.0869 e. The molecule has 1 aromatic rings. The fourth-order valence-corrected chi connectivity index (χ4v) is 5.22. The highest BCUT2D eigenvalue weighted by atomic mass is 31.1. The second kappa shape index (κ2) is 6.01. The molecule has 0 heterocycles. The van der Waals surface area contributed by atoms with Gasteiger partial charge in [0, 0.05) is 0 Å². The monoisotopic (exact) mass is 248 g/mol. The van der Waals surface area contributed by atoms with E-state index in [4.69, 9.17) is 0 Å². The zero-order chi connectivity index (χ0) is 12.3. The van der Waals surface area contributed by atoms with Gasteiger partial charge in [0.15, 0.2) is 0 Å². The Morgan fingerprint density at radius 3 is 2.47 bits per heavy atom. The van der Waals surface area contributed by atoms with Gasteiger partial charge < -0.3 is 0 Å². The lowest BCUT2D eigenvalue weighted by atomic mass is 9.77. The summed E-state index contributed by atoms with van der Waals surface area (Å²) in [6.45, 7) is 7.24. The minimum atomic E-state index is 0.851. The number of hydrogen-bond acceptors (Lipinski definition) is 0. The quantitative estimate of drug-likeness (QED) is 0.693. The van der Waals surface area contributed by atoms with Crippen LogP contribution in [0.4, 0.5) is 0 Å². The topological polar surface area (TPSA) is 0 Å². The van der Waals surface area contributed by atoms with Crippen molar-refractivity contribution in [3.63, 3.8) is 0 Å². The largest absolute Gasteiger partial charge is 0.0869 e. The molecule has 0 saturated heterocycles. The molecule has 17 heavy (non-hydrogen) atoms. The Morgan fingerprint density at radius 2 is 1.82 bits per heavy atom. The van der Waals surface area contributed by atoms with E-state index in [2.05, 4.69) is 51.1 Å². The van der Waals surface area contributed by atoms with Gasteiger partial charge >= 0.3 is 0 Å². The first-order valence-corrected chi connectivity index (χ1v) is 8.06. The van der Waals surface area contributed by atoms with Gasteiger partial charge in [0.2, 0.25) is 0 Å². The van der Waals surface area contributed by atoms with E-state index in [0.29, 0.717) is 0 Å². The van der Waals surface area contributed by atoms with Crippen LogP contribution in [0.3, 0.4) is 0 Å². The van der Waals surface area contributed by atoms with Crippen molar-refractivity contribution in [1.82, 2.24) is 0 Å².